The Labute approximate surface area is 89.9 Å². The summed E-state index contributed by atoms with van der Waals surface area (Å²) in [7, 11) is -0.620. The summed E-state index contributed by atoms with van der Waals surface area (Å²) in [6.07, 6.45) is 0. The molecule has 1 heterocycles. The van der Waals surface area contributed by atoms with Gasteiger partial charge in [0.15, 0.2) is 0 Å². The van der Waals surface area contributed by atoms with Gasteiger partial charge in [0.1, 0.15) is 0 Å². The predicted molar refractivity (Wildman–Crippen MR) is 71.8 cm³/mol. The lowest BCUT2D eigenvalue weighted by Crippen LogP contribution is -2.16. The molecule has 0 spiro atoms. The van der Waals surface area contributed by atoms with Crippen LogP contribution in [0.15, 0.2) is 4.79 Å². The Morgan fingerprint density at radius 1 is 0.857 bits per heavy atom. The van der Waals surface area contributed by atoms with Gasteiger partial charge in [-0.25, -0.2) is 0 Å². The topological polar surface area (TPSA) is 17.1 Å². The third-order valence-corrected chi connectivity index (χ3v) is 20.2. The van der Waals surface area contributed by atoms with Gasteiger partial charge in [-0.1, -0.05) is 48.4 Å². The van der Waals surface area contributed by atoms with Gasteiger partial charge in [0, 0.05) is 10.3 Å². The lowest BCUT2D eigenvalue weighted by molar-refractivity contribution is 0.715. The molecule has 1 aromatic heterocycles. The van der Waals surface area contributed by atoms with E-state index in [1.54, 1.807) is 0 Å². The Balaban J connectivity index is 3.27. The molecule has 0 radical (unpaired) electrons. The second-order valence-corrected chi connectivity index (χ2v) is 18.8. The largest absolute Gasteiger partial charge is 0.280 e. The highest BCUT2D eigenvalue weighted by molar-refractivity contribution is 8.39. The summed E-state index contributed by atoms with van der Waals surface area (Å²) in [5.41, 5.74) is 0. The van der Waals surface area contributed by atoms with Gasteiger partial charge in [-0.3, -0.25) is 4.79 Å². The molecule has 2 unspecified atom stereocenters. The average Bonchev–Trinajstić information content (AvgIpc) is 1.78. The number of hydrogen-bond acceptors (Lipinski definition) is 1. The molecule has 82 valence electrons. The average molecular weight is 250 g/mol. The van der Waals surface area contributed by atoms with E-state index >= 15 is 0 Å². The van der Waals surface area contributed by atoms with E-state index in [2.05, 4.69) is 48.2 Å². The van der Waals surface area contributed by atoms with Crippen molar-refractivity contribution in [3.05, 3.63) is 9.69 Å². The fourth-order valence-corrected chi connectivity index (χ4v) is 24.8. The monoisotopic (exact) mass is 250 g/mol. The first-order valence-electron chi connectivity index (χ1n) is 4.95. The van der Waals surface area contributed by atoms with Crippen LogP contribution in [0.2, 0.25) is 0 Å². The van der Waals surface area contributed by atoms with E-state index in [0.29, 0.717) is 4.89 Å². The molecule has 4 heteroatoms. The van der Waals surface area contributed by atoms with E-state index in [1.807, 2.05) is 0 Å². The SMILES string of the molecule is Cp1p(C(C)(C)C)c(=O)p1C(C)(C)C. The fourth-order valence-electron chi connectivity index (χ4n) is 1.83. The Morgan fingerprint density at radius 2 is 1.14 bits per heavy atom. The smallest absolute Gasteiger partial charge is 0.222 e. The maximum absolute atomic E-state index is 12.1. The second kappa shape index (κ2) is 3.55. The molecule has 0 saturated carbocycles. The summed E-state index contributed by atoms with van der Waals surface area (Å²) in [6, 6.07) is 0. The van der Waals surface area contributed by atoms with Crippen molar-refractivity contribution in [3.8, 4) is 0 Å². The van der Waals surface area contributed by atoms with Crippen LogP contribution in [-0.2, 0) is 17.0 Å². The molecule has 14 heavy (non-hydrogen) atoms. The van der Waals surface area contributed by atoms with Crippen molar-refractivity contribution in [2.24, 2.45) is 6.66 Å². The van der Waals surface area contributed by atoms with Gasteiger partial charge in [-0.2, -0.15) is 0 Å². The van der Waals surface area contributed by atoms with Crippen LogP contribution in [0, 0.1) is 0 Å². The van der Waals surface area contributed by atoms with Crippen molar-refractivity contribution >= 4 is 21.3 Å². The Morgan fingerprint density at radius 3 is 1.29 bits per heavy atom. The summed E-state index contributed by atoms with van der Waals surface area (Å²) in [6.45, 7) is 15.7. The molecule has 0 N–H and O–H groups in total. The van der Waals surface area contributed by atoms with Gasteiger partial charge in [-0.15, -0.1) is 0 Å². The van der Waals surface area contributed by atoms with Gasteiger partial charge >= 0.3 is 0 Å². The van der Waals surface area contributed by atoms with Crippen LogP contribution in [0.5, 0.6) is 0 Å². The minimum atomic E-state index is -0.310. The minimum absolute atomic E-state index is 0.0201. The van der Waals surface area contributed by atoms with E-state index < -0.39 is 0 Å². The summed E-state index contributed by atoms with van der Waals surface area (Å²) in [5, 5.41) is 0.494. The maximum Gasteiger partial charge on any atom is 0.222 e. The molecule has 0 fully saturated rings. The number of hydrogen-bond donors (Lipinski definition) is 0. The summed E-state index contributed by atoms with van der Waals surface area (Å²) < 4.78 is 0. The van der Waals surface area contributed by atoms with Gasteiger partial charge in [0.05, 0.1) is 0 Å². The molecule has 0 saturated heterocycles. The van der Waals surface area contributed by atoms with Crippen molar-refractivity contribution in [1.82, 2.24) is 0 Å². The lowest BCUT2D eigenvalue weighted by Gasteiger charge is -2.33. The molecule has 0 aliphatic heterocycles. The van der Waals surface area contributed by atoms with E-state index in [-0.39, 0.29) is 31.6 Å². The van der Waals surface area contributed by atoms with E-state index in [0.717, 1.165) is 0 Å². The Hall–Kier alpha value is 0.570. The highest BCUT2D eigenvalue weighted by Crippen LogP contribution is 2.74. The van der Waals surface area contributed by atoms with Crippen molar-refractivity contribution in [1.29, 1.82) is 0 Å². The van der Waals surface area contributed by atoms with Crippen LogP contribution in [0.25, 0.3) is 0 Å². The first kappa shape index (κ1) is 12.6. The Bertz CT molecular complexity index is 346. The van der Waals surface area contributed by atoms with E-state index in [9.17, 15) is 4.79 Å². The molecule has 0 aliphatic rings. The van der Waals surface area contributed by atoms with Crippen molar-refractivity contribution in [3.63, 3.8) is 0 Å². The highest BCUT2D eigenvalue weighted by Gasteiger charge is 2.32. The zero-order valence-electron chi connectivity index (χ0n) is 10.2. The second-order valence-electron chi connectivity index (χ2n) is 5.74. The minimum Gasteiger partial charge on any atom is -0.280 e. The maximum atomic E-state index is 12.1. The zero-order chi connectivity index (χ0) is 11.3. The normalized spacial score (nSPS) is 17.5. The molecule has 2 atom stereocenters. The molecular weight excluding hydrogens is 229 g/mol. The molecule has 0 amide bonds. The van der Waals surface area contributed by atoms with Crippen LogP contribution < -0.4 is 4.89 Å². The van der Waals surface area contributed by atoms with Gasteiger partial charge < -0.3 is 0 Å². The fraction of sp³-hybridized carbons (Fsp3) is 0.900. The molecular formula is C10H21OP3. The van der Waals surface area contributed by atoms with Gasteiger partial charge in [-0.05, 0) is 21.1 Å². The third kappa shape index (κ3) is 2.06. The van der Waals surface area contributed by atoms with Crippen LogP contribution in [0.1, 0.15) is 41.5 Å². The number of rotatable bonds is 0. The molecule has 0 aromatic carbocycles. The Kier molecular flexibility index (Phi) is 3.21. The van der Waals surface area contributed by atoms with Crippen molar-refractivity contribution in [2.75, 3.05) is 0 Å². The van der Waals surface area contributed by atoms with Crippen LogP contribution in [-0.4, -0.2) is 0 Å². The molecule has 1 nitrogen and oxygen atoms in total. The molecule has 0 aliphatic carbocycles. The highest BCUT2D eigenvalue weighted by atomic mass is 32.2. The van der Waals surface area contributed by atoms with Crippen LogP contribution in [0.4, 0.5) is 0 Å². The van der Waals surface area contributed by atoms with Crippen molar-refractivity contribution < 1.29 is 0 Å². The standard InChI is InChI=1S/C10H21OP3/c1-9(2,3)13-8(11)14(12(13)7)10(4,5)6/h1-7H3. The van der Waals surface area contributed by atoms with Crippen LogP contribution in [0.3, 0.4) is 0 Å². The van der Waals surface area contributed by atoms with Crippen LogP contribution >= 0.6 is 21.3 Å². The zero-order valence-corrected chi connectivity index (χ0v) is 12.9. The third-order valence-electron chi connectivity index (χ3n) is 2.21. The van der Waals surface area contributed by atoms with Gasteiger partial charge in [0.25, 0.3) is 0 Å². The quantitative estimate of drug-likeness (QED) is 0.629. The molecule has 1 aromatic rings. The van der Waals surface area contributed by atoms with Gasteiger partial charge in [0.2, 0.25) is 4.89 Å². The first-order valence-corrected chi connectivity index (χ1v) is 10.8. The summed E-state index contributed by atoms with van der Waals surface area (Å²) >= 11 is 0. The summed E-state index contributed by atoms with van der Waals surface area (Å²) in [5.74, 6) is 0. The molecule has 1 rings (SSSR count). The molecule has 0 bridgehead atoms. The predicted octanol–water partition coefficient (Wildman–Crippen LogP) is 5.05. The van der Waals surface area contributed by atoms with Crippen molar-refractivity contribution in [2.45, 2.75) is 51.9 Å². The van der Waals surface area contributed by atoms with E-state index in [4.69, 9.17) is 0 Å². The first-order chi connectivity index (χ1) is 6.07. The van der Waals surface area contributed by atoms with E-state index in [1.165, 1.54) is 0 Å². The summed E-state index contributed by atoms with van der Waals surface area (Å²) in [4.78, 5) is 12.8. The lowest BCUT2D eigenvalue weighted by atomic mass is 10.3.